The number of imidazole rings is 1. The van der Waals surface area contributed by atoms with Gasteiger partial charge in [-0.1, -0.05) is 41.2 Å². The van der Waals surface area contributed by atoms with Crippen LogP contribution in [0, 0.1) is 6.92 Å². The molecule has 0 unspecified atom stereocenters. The van der Waals surface area contributed by atoms with Gasteiger partial charge in [0.25, 0.3) is 5.91 Å². The molecule has 190 valence electrons. The minimum atomic E-state index is -0.283. The number of fused-ring (bicyclic) bond motifs is 2. The van der Waals surface area contributed by atoms with Crippen LogP contribution < -0.4 is 10.2 Å². The maximum atomic E-state index is 12.7. The standard InChI is InChI=1S/C27H23N7O3S/c1-17-20(12-31-37-17)26(35)32-21-6-4-3-5-19(21)22-14-33(15-30-22)13-18-7-8-24-23(11-18)34(16-36-2)25-27(38-24)29-10-9-28-25/h3-12,14-15H,13,16H2,1-2H3,(H,32,35). The first-order valence-corrected chi connectivity index (χ1v) is 12.6. The molecule has 1 N–H and O–H groups in total. The SMILES string of the molecule is COCN1c2cc(Cn3cnc(-c4ccccc4NC(=O)c4cnoc4C)c3)ccc2Sc2nccnc21. The number of methoxy groups -OCH3 is 1. The summed E-state index contributed by atoms with van der Waals surface area (Å²) in [5.41, 5.74) is 4.75. The Hall–Kier alpha value is -4.48. The highest BCUT2D eigenvalue weighted by Crippen LogP contribution is 2.46. The molecule has 0 fully saturated rings. The van der Waals surface area contributed by atoms with Crippen LogP contribution in [0.5, 0.6) is 0 Å². The fraction of sp³-hybridized carbons (Fsp3) is 0.148. The second-order valence-corrected chi connectivity index (χ2v) is 9.69. The number of hydrogen-bond donors (Lipinski definition) is 1. The summed E-state index contributed by atoms with van der Waals surface area (Å²) in [5, 5.41) is 7.50. The van der Waals surface area contributed by atoms with E-state index < -0.39 is 0 Å². The maximum Gasteiger partial charge on any atom is 0.260 e. The predicted molar refractivity (Wildman–Crippen MR) is 143 cm³/mol. The molecule has 0 radical (unpaired) electrons. The van der Waals surface area contributed by atoms with Crippen LogP contribution in [0.25, 0.3) is 11.3 Å². The summed E-state index contributed by atoms with van der Waals surface area (Å²) in [7, 11) is 1.67. The van der Waals surface area contributed by atoms with E-state index in [0.29, 0.717) is 30.3 Å². The molecule has 0 saturated carbocycles. The lowest BCUT2D eigenvalue weighted by Crippen LogP contribution is -2.24. The highest BCUT2D eigenvalue weighted by Gasteiger charge is 2.26. The molecule has 4 heterocycles. The number of aryl methyl sites for hydroxylation is 1. The van der Waals surface area contributed by atoms with Gasteiger partial charge in [0.2, 0.25) is 0 Å². The maximum absolute atomic E-state index is 12.7. The number of rotatable bonds is 7. The number of carbonyl (C=O) groups is 1. The Morgan fingerprint density at radius 1 is 1.13 bits per heavy atom. The normalized spacial score (nSPS) is 12.2. The van der Waals surface area contributed by atoms with E-state index in [1.165, 1.54) is 6.20 Å². The minimum Gasteiger partial charge on any atom is -0.364 e. The van der Waals surface area contributed by atoms with Gasteiger partial charge in [0.05, 0.1) is 29.6 Å². The summed E-state index contributed by atoms with van der Waals surface area (Å²) in [6.45, 7) is 2.69. The van der Waals surface area contributed by atoms with Gasteiger partial charge in [0.15, 0.2) is 5.82 Å². The van der Waals surface area contributed by atoms with Gasteiger partial charge in [-0.15, -0.1) is 0 Å². The molecule has 0 spiro atoms. The largest absolute Gasteiger partial charge is 0.364 e. The van der Waals surface area contributed by atoms with Crippen molar-refractivity contribution < 1.29 is 14.1 Å². The Balaban J connectivity index is 1.24. The van der Waals surface area contributed by atoms with Crippen LogP contribution >= 0.6 is 11.8 Å². The van der Waals surface area contributed by atoms with Crippen molar-refractivity contribution in [2.24, 2.45) is 0 Å². The van der Waals surface area contributed by atoms with E-state index in [1.807, 2.05) is 39.9 Å². The van der Waals surface area contributed by atoms with Gasteiger partial charge in [0.1, 0.15) is 23.1 Å². The Bertz CT molecular complexity index is 1630. The molecule has 3 aromatic heterocycles. The number of ether oxygens (including phenoxy) is 1. The summed E-state index contributed by atoms with van der Waals surface area (Å²) < 4.78 is 12.5. The van der Waals surface area contributed by atoms with Crippen LogP contribution in [0.1, 0.15) is 21.7 Å². The van der Waals surface area contributed by atoms with Crippen molar-refractivity contribution >= 4 is 34.9 Å². The number of amides is 1. The zero-order valence-electron chi connectivity index (χ0n) is 20.7. The molecule has 0 saturated heterocycles. The van der Waals surface area contributed by atoms with Gasteiger partial charge in [-0.25, -0.2) is 15.0 Å². The predicted octanol–water partition coefficient (Wildman–Crippen LogP) is 5.14. The number of para-hydroxylation sites is 1. The quantitative estimate of drug-likeness (QED) is 0.309. The highest BCUT2D eigenvalue weighted by molar-refractivity contribution is 7.99. The topological polar surface area (TPSA) is 111 Å². The number of benzene rings is 2. The molecule has 1 aliphatic rings. The lowest BCUT2D eigenvalue weighted by Gasteiger charge is -2.30. The third-order valence-electron chi connectivity index (χ3n) is 6.13. The second-order valence-electron chi connectivity index (χ2n) is 8.66. The van der Waals surface area contributed by atoms with Crippen molar-refractivity contribution in [1.29, 1.82) is 0 Å². The van der Waals surface area contributed by atoms with Crippen LogP contribution in [0.2, 0.25) is 0 Å². The number of anilines is 3. The van der Waals surface area contributed by atoms with Crippen molar-refractivity contribution in [3.8, 4) is 11.3 Å². The van der Waals surface area contributed by atoms with Gasteiger partial charge >= 0.3 is 0 Å². The lowest BCUT2D eigenvalue weighted by atomic mass is 10.1. The molecule has 5 aromatic rings. The molecule has 0 aliphatic carbocycles. The fourth-order valence-corrected chi connectivity index (χ4v) is 5.32. The highest BCUT2D eigenvalue weighted by atomic mass is 32.2. The average Bonchev–Trinajstić information content (AvgIpc) is 3.58. The average molecular weight is 526 g/mol. The summed E-state index contributed by atoms with van der Waals surface area (Å²) in [5.74, 6) is 0.968. The third kappa shape index (κ3) is 4.53. The minimum absolute atomic E-state index is 0.283. The van der Waals surface area contributed by atoms with Gasteiger partial charge < -0.3 is 19.1 Å². The molecule has 10 nitrogen and oxygen atoms in total. The molecule has 1 aliphatic heterocycles. The van der Waals surface area contributed by atoms with Crippen LogP contribution in [0.15, 0.2) is 88.0 Å². The van der Waals surface area contributed by atoms with E-state index in [2.05, 4.69) is 43.6 Å². The van der Waals surface area contributed by atoms with E-state index in [4.69, 9.17) is 9.26 Å². The summed E-state index contributed by atoms with van der Waals surface area (Å²) in [6, 6.07) is 13.9. The lowest BCUT2D eigenvalue weighted by molar-refractivity contribution is 0.102. The van der Waals surface area contributed by atoms with E-state index in [0.717, 1.165) is 38.2 Å². The van der Waals surface area contributed by atoms with Gasteiger partial charge in [-0.05, 0) is 30.7 Å². The second kappa shape index (κ2) is 10.1. The molecule has 0 atom stereocenters. The third-order valence-corrected chi connectivity index (χ3v) is 7.17. The molecule has 38 heavy (non-hydrogen) atoms. The van der Waals surface area contributed by atoms with Crippen molar-refractivity contribution in [3.63, 3.8) is 0 Å². The molecule has 1 amide bonds. The first-order chi connectivity index (χ1) is 18.6. The molecule has 11 heteroatoms. The van der Waals surface area contributed by atoms with Crippen LogP contribution in [-0.4, -0.2) is 44.4 Å². The molecular weight excluding hydrogens is 502 g/mol. The van der Waals surface area contributed by atoms with Crippen LogP contribution in [0.3, 0.4) is 0 Å². The van der Waals surface area contributed by atoms with Crippen molar-refractivity contribution in [2.75, 3.05) is 24.1 Å². The Kier molecular flexibility index (Phi) is 6.36. The summed E-state index contributed by atoms with van der Waals surface area (Å²) in [4.78, 5) is 29.5. The van der Waals surface area contributed by atoms with Gasteiger partial charge in [-0.3, -0.25) is 9.69 Å². The monoisotopic (exact) mass is 525 g/mol. The van der Waals surface area contributed by atoms with Crippen molar-refractivity contribution in [2.45, 2.75) is 23.4 Å². The number of nitrogens with one attached hydrogen (secondary N) is 1. The van der Waals surface area contributed by atoms with Crippen LogP contribution in [-0.2, 0) is 11.3 Å². The Morgan fingerprint density at radius 2 is 2.00 bits per heavy atom. The van der Waals surface area contributed by atoms with Crippen LogP contribution in [0.4, 0.5) is 17.2 Å². The van der Waals surface area contributed by atoms with E-state index >= 15 is 0 Å². The smallest absolute Gasteiger partial charge is 0.260 e. The van der Waals surface area contributed by atoms with Crippen molar-refractivity contribution in [3.05, 3.63) is 90.5 Å². The number of hydrogen-bond acceptors (Lipinski definition) is 9. The number of nitrogens with zero attached hydrogens (tertiary/aromatic N) is 6. The Morgan fingerprint density at radius 3 is 2.84 bits per heavy atom. The van der Waals surface area contributed by atoms with E-state index in [1.54, 1.807) is 44.5 Å². The first-order valence-electron chi connectivity index (χ1n) is 11.8. The fourth-order valence-electron chi connectivity index (χ4n) is 4.33. The zero-order chi connectivity index (χ0) is 26.1. The van der Waals surface area contributed by atoms with E-state index in [9.17, 15) is 4.79 Å². The number of aromatic nitrogens is 5. The van der Waals surface area contributed by atoms with Crippen molar-refractivity contribution in [1.82, 2.24) is 24.7 Å². The summed E-state index contributed by atoms with van der Waals surface area (Å²) >= 11 is 1.60. The first kappa shape index (κ1) is 23.9. The zero-order valence-corrected chi connectivity index (χ0v) is 21.5. The van der Waals surface area contributed by atoms with E-state index in [-0.39, 0.29) is 5.91 Å². The molecule has 2 aromatic carbocycles. The molecular formula is C27H23N7O3S. The Labute approximate surface area is 222 Å². The van der Waals surface area contributed by atoms with Gasteiger partial charge in [-0.2, -0.15) is 0 Å². The summed E-state index contributed by atoms with van der Waals surface area (Å²) in [6.07, 6.45) is 8.57. The molecule has 6 rings (SSSR count). The van der Waals surface area contributed by atoms with Gasteiger partial charge in [0, 0.05) is 42.7 Å². The molecule has 0 bridgehead atoms. The number of carbonyl (C=O) groups excluding carboxylic acids is 1.